The van der Waals surface area contributed by atoms with E-state index in [1.165, 1.54) is 6.26 Å². The number of pyridine rings is 1. The fourth-order valence-corrected chi connectivity index (χ4v) is 2.76. The monoisotopic (exact) mass is 381 g/mol. The molecule has 0 saturated carbocycles. The van der Waals surface area contributed by atoms with Crippen molar-refractivity contribution < 1.29 is 14.4 Å². The van der Waals surface area contributed by atoms with Crippen molar-refractivity contribution in [2.75, 3.05) is 25.6 Å². The van der Waals surface area contributed by atoms with Crippen LogP contribution < -0.4 is 10.7 Å². The summed E-state index contributed by atoms with van der Waals surface area (Å²) in [6.45, 7) is 0.456. The van der Waals surface area contributed by atoms with Crippen molar-refractivity contribution in [1.82, 2.24) is 30.5 Å². The quantitative estimate of drug-likeness (QED) is 0.551. The van der Waals surface area contributed by atoms with Crippen LogP contribution in [0.1, 0.15) is 0 Å². The highest BCUT2D eigenvalue weighted by Gasteiger charge is 2.24. The smallest absolute Gasteiger partial charge is 0.227 e. The lowest BCUT2D eigenvalue weighted by Gasteiger charge is -2.18. The van der Waals surface area contributed by atoms with E-state index in [4.69, 9.17) is 14.4 Å². The highest BCUT2D eigenvalue weighted by molar-refractivity contribution is 5.62. The Bertz CT molecular complexity index is 961. The minimum atomic E-state index is -0.382. The average Bonchev–Trinajstić information content (AvgIpc) is 3.39. The van der Waals surface area contributed by atoms with Crippen LogP contribution in [0.5, 0.6) is 0 Å². The number of β-amino-alcohol motifs (C(OH)–C–C–N with tert-alkyl or cyclic N) is 1. The van der Waals surface area contributed by atoms with Gasteiger partial charge in [0.1, 0.15) is 12.0 Å². The summed E-state index contributed by atoms with van der Waals surface area (Å²) >= 11 is 0. The van der Waals surface area contributed by atoms with E-state index in [0.717, 1.165) is 5.70 Å². The molecule has 0 spiro atoms. The summed E-state index contributed by atoms with van der Waals surface area (Å²) in [6.07, 6.45) is 4.59. The van der Waals surface area contributed by atoms with Gasteiger partial charge in [-0.15, -0.1) is 0 Å². The highest BCUT2D eigenvalue weighted by atomic mass is 16.5. The summed E-state index contributed by atoms with van der Waals surface area (Å²) < 4.78 is 10.3. The summed E-state index contributed by atoms with van der Waals surface area (Å²) in [5.41, 5.74) is 6.53. The standard InChI is InChI=1S/C18H19N7O3/c1-27-17-16(11-25(23-17)8-9-26)22-18-19-7-5-14(21-18)12-3-2-4-13(20-12)15-6-10-28-24-15/h2-7,10-11,17,23,26H,8-9H2,1H3,(H,19,21,22). The van der Waals surface area contributed by atoms with Crippen LogP contribution in [0.2, 0.25) is 0 Å². The second kappa shape index (κ2) is 8.13. The second-order valence-corrected chi connectivity index (χ2v) is 5.93. The largest absolute Gasteiger partial charge is 0.394 e. The van der Waals surface area contributed by atoms with Crippen molar-refractivity contribution in [2.45, 2.75) is 6.23 Å². The lowest BCUT2D eigenvalue weighted by molar-refractivity contribution is 0.0604. The zero-order valence-corrected chi connectivity index (χ0v) is 15.1. The van der Waals surface area contributed by atoms with Gasteiger partial charge in [0, 0.05) is 25.6 Å². The summed E-state index contributed by atoms with van der Waals surface area (Å²) in [6, 6.07) is 9.15. The van der Waals surface area contributed by atoms with Crippen LogP contribution in [0.4, 0.5) is 5.95 Å². The maximum Gasteiger partial charge on any atom is 0.227 e. The van der Waals surface area contributed by atoms with Crippen LogP contribution in [-0.2, 0) is 4.74 Å². The highest BCUT2D eigenvalue weighted by Crippen LogP contribution is 2.21. The fourth-order valence-electron chi connectivity index (χ4n) is 2.76. The molecule has 144 valence electrons. The third-order valence-electron chi connectivity index (χ3n) is 4.06. The molecule has 0 saturated heterocycles. The molecule has 0 radical (unpaired) electrons. The number of ether oxygens (including phenoxy) is 1. The van der Waals surface area contributed by atoms with Gasteiger partial charge >= 0.3 is 0 Å². The van der Waals surface area contributed by atoms with Gasteiger partial charge in [0.15, 0.2) is 6.23 Å². The molecule has 0 aliphatic carbocycles. The molecule has 0 bridgehead atoms. The maximum atomic E-state index is 9.10. The number of aromatic nitrogens is 4. The van der Waals surface area contributed by atoms with Crippen LogP contribution >= 0.6 is 0 Å². The normalized spacial score (nSPS) is 16.3. The van der Waals surface area contributed by atoms with E-state index in [-0.39, 0.29) is 12.8 Å². The molecule has 28 heavy (non-hydrogen) atoms. The molecule has 0 fully saturated rings. The molecule has 3 aromatic heterocycles. The second-order valence-electron chi connectivity index (χ2n) is 5.93. The summed E-state index contributed by atoms with van der Waals surface area (Å²) in [4.78, 5) is 13.4. The predicted octanol–water partition coefficient (Wildman–Crippen LogP) is 1.23. The lowest BCUT2D eigenvalue weighted by Crippen LogP contribution is -2.39. The van der Waals surface area contributed by atoms with E-state index in [9.17, 15) is 0 Å². The Kier molecular flexibility index (Phi) is 5.24. The van der Waals surface area contributed by atoms with Crippen molar-refractivity contribution in [1.29, 1.82) is 0 Å². The van der Waals surface area contributed by atoms with E-state index in [0.29, 0.717) is 35.3 Å². The van der Waals surface area contributed by atoms with E-state index in [1.807, 2.05) is 24.4 Å². The Labute approximate surface area is 160 Å². The van der Waals surface area contributed by atoms with Gasteiger partial charge in [0.05, 0.1) is 35.9 Å². The Morgan fingerprint density at radius 2 is 2.00 bits per heavy atom. The molecule has 3 N–H and O–H groups in total. The summed E-state index contributed by atoms with van der Waals surface area (Å²) in [5.74, 6) is 0.409. The molecule has 0 aromatic carbocycles. The number of anilines is 1. The first-order valence-electron chi connectivity index (χ1n) is 8.63. The maximum absolute atomic E-state index is 9.10. The molecular formula is C18H19N7O3. The van der Waals surface area contributed by atoms with E-state index < -0.39 is 0 Å². The molecule has 1 aliphatic heterocycles. The van der Waals surface area contributed by atoms with Crippen LogP contribution in [0.25, 0.3) is 22.8 Å². The number of nitrogens with zero attached hydrogens (tertiary/aromatic N) is 5. The van der Waals surface area contributed by atoms with Crippen LogP contribution in [0.15, 0.2) is 59.2 Å². The zero-order chi connectivity index (χ0) is 19.3. The van der Waals surface area contributed by atoms with Gasteiger partial charge < -0.3 is 24.7 Å². The van der Waals surface area contributed by atoms with E-state index in [2.05, 4.69) is 30.9 Å². The van der Waals surface area contributed by atoms with Crippen LogP contribution in [0.3, 0.4) is 0 Å². The number of aliphatic hydroxyl groups is 1. The first-order valence-corrected chi connectivity index (χ1v) is 8.63. The van der Waals surface area contributed by atoms with Crippen molar-refractivity contribution >= 4 is 5.95 Å². The molecule has 10 nitrogen and oxygen atoms in total. The van der Waals surface area contributed by atoms with E-state index in [1.54, 1.807) is 30.4 Å². The fraction of sp³-hybridized carbons (Fsp3) is 0.222. The Balaban J connectivity index is 1.57. The molecule has 1 aliphatic rings. The van der Waals surface area contributed by atoms with Gasteiger partial charge in [-0.1, -0.05) is 11.2 Å². The molecule has 4 heterocycles. The van der Waals surface area contributed by atoms with Gasteiger partial charge in [-0.2, -0.15) is 0 Å². The first kappa shape index (κ1) is 18.0. The minimum Gasteiger partial charge on any atom is -0.394 e. The average molecular weight is 381 g/mol. The Morgan fingerprint density at radius 1 is 1.18 bits per heavy atom. The van der Waals surface area contributed by atoms with Crippen molar-refractivity contribution in [3.63, 3.8) is 0 Å². The molecule has 1 unspecified atom stereocenters. The van der Waals surface area contributed by atoms with E-state index >= 15 is 0 Å². The summed E-state index contributed by atoms with van der Waals surface area (Å²) in [7, 11) is 1.59. The van der Waals surface area contributed by atoms with Gasteiger partial charge in [-0.3, -0.25) is 0 Å². The third-order valence-corrected chi connectivity index (χ3v) is 4.06. The van der Waals surface area contributed by atoms with Gasteiger partial charge in [0.2, 0.25) is 5.95 Å². The number of hydrogen-bond acceptors (Lipinski definition) is 10. The Morgan fingerprint density at radius 3 is 2.75 bits per heavy atom. The van der Waals surface area contributed by atoms with Gasteiger partial charge in [0.25, 0.3) is 0 Å². The molecule has 0 amide bonds. The number of rotatable bonds is 7. The predicted molar refractivity (Wildman–Crippen MR) is 100 cm³/mol. The number of methoxy groups -OCH3 is 1. The molecule has 3 aromatic rings. The molecular weight excluding hydrogens is 362 g/mol. The summed E-state index contributed by atoms with van der Waals surface area (Å²) in [5, 5.41) is 17.9. The lowest BCUT2D eigenvalue weighted by atomic mass is 10.2. The van der Waals surface area contributed by atoms with Crippen molar-refractivity contribution in [3.8, 4) is 22.8 Å². The number of nitrogens with one attached hydrogen (secondary N) is 2. The minimum absolute atomic E-state index is 0.0206. The van der Waals surface area contributed by atoms with Gasteiger partial charge in [-0.25, -0.2) is 20.4 Å². The molecule has 10 heteroatoms. The van der Waals surface area contributed by atoms with Gasteiger partial charge in [-0.05, 0) is 18.2 Å². The van der Waals surface area contributed by atoms with Crippen molar-refractivity contribution in [2.24, 2.45) is 0 Å². The zero-order valence-electron chi connectivity index (χ0n) is 15.1. The van der Waals surface area contributed by atoms with Crippen molar-refractivity contribution in [3.05, 3.63) is 54.7 Å². The topological polar surface area (TPSA) is 121 Å². The Hall–Kier alpha value is -3.34. The SMILES string of the molecule is COC1NN(CCO)C=C1Nc1nccc(-c2cccc(-c3ccon3)n2)n1. The number of hydrazine groups is 1. The third kappa shape index (κ3) is 3.83. The molecule has 1 atom stereocenters. The first-order chi connectivity index (χ1) is 13.8. The molecule has 4 rings (SSSR count). The van der Waals surface area contributed by atoms with Crippen LogP contribution in [-0.4, -0.2) is 56.7 Å². The number of aliphatic hydroxyl groups excluding tert-OH is 1. The van der Waals surface area contributed by atoms with Crippen LogP contribution in [0, 0.1) is 0 Å². The number of hydrogen-bond donors (Lipinski definition) is 3.